The van der Waals surface area contributed by atoms with Gasteiger partial charge in [-0.25, -0.2) is 0 Å². The Morgan fingerprint density at radius 3 is 2.50 bits per heavy atom. The first-order chi connectivity index (χ1) is 6.38. The van der Waals surface area contributed by atoms with Crippen molar-refractivity contribution in [2.45, 2.75) is 11.1 Å². The molecule has 0 bridgehead atoms. The van der Waals surface area contributed by atoms with E-state index in [9.17, 15) is 13.2 Å². The molecule has 0 atom stereocenters. The largest absolute Gasteiger partial charge is 0.508 e. The standard InChI is InChI=1S/C8H6ClF3OS/c9-6-3-5(13)1-2-7(6)14-4-8(10,11)12/h1-3,13H,4H2. The summed E-state index contributed by atoms with van der Waals surface area (Å²) in [5.41, 5.74) is 0. The van der Waals surface area contributed by atoms with Crippen molar-refractivity contribution >= 4 is 23.4 Å². The molecular weight excluding hydrogens is 237 g/mol. The summed E-state index contributed by atoms with van der Waals surface area (Å²) >= 11 is 6.20. The molecule has 1 nitrogen and oxygen atoms in total. The predicted octanol–water partition coefficient (Wildman–Crippen LogP) is 3.70. The summed E-state index contributed by atoms with van der Waals surface area (Å²) < 4.78 is 35.5. The molecule has 1 aromatic rings. The number of phenols is 1. The molecule has 0 amide bonds. The summed E-state index contributed by atoms with van der Waals surface area (Å²) in [7, 11) is 0. The Hall–Kier alpha value is -0.550. The zero-order valence-electron chi connectivity index (χ0n) is 6.81. The second kappa shape index (κ2) is 4.31. The van der Waals surface area contributed by atoms with E-state index in [1.54, 1.807) is 0 Å². The molecule has 0 unspecified atom stereocenters. The third-order valence-electron chi connectivity index (χ3n) is 1.31. The number of benzene rings is 1. The average Bonchev–Trinajstić information content (AvgIpc) is 2.00. The molecule has 0 heterocycles. The summed E-state index contributed by atoms with van der Waals surface area (Å²) in [6.45, 7) is 0. The van der Waals surface area contributed by atoms with Crippen LogP contribution in [0.2, 0.25) is 5.02 Å². The van der Waals surface area contributed by atoms with Crippen LogP contribution in [0.3, 0.4) is 0 Å². The van der Waals surface area contributed by atoms with Crippen molar-refractivity contribution in [2.24, 2.45) is 0 Å². The molecule has 6 heteroatoms. The second-order valence-electron chi connectivity index (χ2n) is 2.52. The van der Waals surface area contributed by atoms with E-state index in [-0.39, 0.29) is 10.8 Å². The lowest BCUT2D eigenvalue weighted by Crippen LogP contribution is -2.10. The highest BCUT2D eigenvalue weighted by Gasteiger charge is 2.27. The van der Waals surface area contributed by atoms with Gasteiger partial charge in [-0.15, -0.1) is 11.8 Å². The first-order valence-corrected chi connectivity index (χ1v) is 4.93. The lowest BCUT2D eigenvalue weighted by atomic mass is 10.3. The number of thioether (sulfide) groups is 1. The van der Waals surface area contributed by atoms with Crippen LogP contribution in [0.25, 0.3) is 0 Å². The fraction of sp³-hybridized carbons (Fsp3) is 0.250. The fourth-order valence-electron chi connectivity index (χ4n) is 0.766. The lowest BCUT2D eigenvalue weighted by molar-refractivity contribution is -0.105. The number of hydrogen-bond acceptors (Lipinski definition) is 2. The minimum absolute atomic E-state index is 0.0636. The summed E-state index contributed by atoms with van der Waals surface area (Å²) in [6.07, 6.45) is -4.22. The van der Waals surface area contributed by atoms with Crippen LogP contribution in [-0.2, 0) is 0 Å². The Kier molecular flexibility index (Phi) is 3.55. The Morgan fingerprint density at radius 2 is 2.00 bits per heavy atom. The van der Waals surface area contributed by atoms with Gasteiger partial charge in [0.25, 0.3) is 0 Å². The van der Waals surface area contributed by atoms with Crippen LogP contribution in [0, 0.1) is 0 Å². The average molecular weight is 243 g/mol. The highest BCUT2D eigenvalue weighted by Crippen LogP contribution is 2.33. The van der Waals surface area contributed by atoms with Gasteiger partial charge in [-0.1, -0.05) is 11.6 Å². The highest BCUT2D eigenvalue weighted by atomic mass is 35.5. The Morgan fingerprint density at radius 1 is 1.36 bits per heavy atom. The minimum atomic E-state index is -4.22. The van der Waals surface area contributed by atoms with Gasteiger partial charge in [0.1, 0.15) is 5.75 Å². The van der Waals surface area contributed by atoms with Gasteiger partial charge in [0.15, 0.2) is 0 Å². The molecule has 0 fully saturated rings. The van der Waals surface area contributed by atoms with Crippen LogP contribution in [0.1, 0.15) is 0 Å². The van der Waals surface area contributed by atoms with Crippen molar-refractivity contribution in [3.63, 3.8) is 0 Å². The zero-order chi connectivity index (χ0) is 10.8. The van der Waals surface area contributed by atoms with Crippen molar-refractivity contribution < 1.29 is 18.3 Å². The van der Waals surface area contributed by atoms with Crippen molar-refractivity contribution in [1.82, 2.24) is 0 Å². The van der Waals surface area contributed by atoms with E-state index in [0.29, 0.717) is 16.7 Å². The Balaban J connectivity index is 2.68. The Labute approximate surface area is 87.9 Å². The maximum absolute atomic E-state index is 11.8. The number of rotatable bonds is 2. The fourth-order valence-corrected chi connectivity index (χ4v) is 1.79. The molecule has 0 aliphatic heterocycles. The molecule has 0 saturated heterocycles. The minimum Gasteiger partial charge on any atom is -0.508 e. The normalized spacial score (nSPS) is 11.7. The molecule has 78 valence electrons. The molecule has 0 saturated carbocycles. The molecule has 14 heavy (non-hydrogen) atoms. The first-order valence-electron chi connectivity index (χ1n) is 3.56. The maximum atomic E-state index is 11.8. The van der Waals surface area contributed by atoms with Crippen LogP contribution in [0.15, 0.2) is 23.1 Å². The van der Waals surface area contributed by atoms with E-state index in [1.165, 1.54) is 18.2 Å². The summed E-state index contributed by atoms with van der Waals surface area (Å²) in [4.78, 5) is 0.307. The molecule has 0 aromatic heterocycles. The van der Waals surface area contributed by atoms with Crippen LogP contribution < -0.4 is 0 Å². The number of aromatic hydroxyl groups is 1. The van der Waals surface area contributed by atoms with Crippen molar-refractivity contribution in [2.75, 3.05) is 5.75 Å². The quantitative estimate of drug-likeness (QED) is 0.798. The van der Waals surface area contributed by atoms with Gasteiger partial charge >= 0.3 is 6.18 Å². The third kappa shape index (κ3) is 3.67. The summed E-state index contributed by atoms with van der Waals surface area (Å²) in [5, 5.41) is 9.07. The predicted molar refractivity (Wildman–Crippen MR) is 49.9 cm³/mol. The van der Waals surface area contributed by atoms with Gasteiger partial charge in [-0.2, -0.15) is 13.2 Å². The molecule has 0 aliphatic carbocycles. The molecule has 0 spiro atoms. The van der Waals surface area contributed by atoms with Gasteiger partial charge in [-0.05, 0) is 18.2 Å². The first kappa shape index (κ1) is 11.5. The monoisotopic (exact) mass is 242 g/mol. The van der Waals surface area contributed by atoms with Crippen LogP contribution >= 0.6 is 23.4 Å². The van der Waals surface area contributed by atoms with Crippen LogP contribution in [0.5, 0.6) is 5.75 Å². The number of alkyl halides is 3. The van der Waals surface area contributed by atoms with Gasteiger partial charge in [-0.3, -0.25) is 0 Å². The molecule has 1 N–H and O–H groups in total. The number of phenolic OH excluding ortho intramolecular Hbond substituents is 1. The molecule has 0 radical (unpaired) electrons. The van der Waals surface area contributed by atoms with E-state index in [2.05, 4.69) is 0 Å². The smallest absolute Gasteiger partial charge is 0.398 e. The summed E-state index contributed by atoms with van der Waals surface area (Å²) in [6, 6.07) is 3.86. The topological polar surface area (TPSA) is 20.2 Å². The zero-order valence-corrected chi connectivity index (χ0v) is 8.38. The van der Waals surface area contributed by atoms with Crippen LogP contribution in [-0.4, -0.2) is 17.0 Å². The number of halogens is 4. The maximum Gasteiger partial charge on any atom is 0.398 e. The van der Waals surface area contributed by atoms with E-state index >= 15 is 0 Å². The van der Waals surface area contributed by atoms with Gasteiger partial charge in [0.2, 0.25) is 0 Å². The van der Waals surface area contributed by atoms with Gasteiger partial charge in [0.05, 0.1) is 10.8 Å². The van der Waals surface area contributed by atoms with Crippen molar-refractivity contribution in [3.05, 3.63) is 23.2 Å². The van der Waals surface area contributed by atoms with E-state index in [1.807, 2.05) is 0 Å². The van der Waals surface area contributed by atoms with E-state index in [0.717, 1.165) is 0 Å². The van der Waals surface area contributed by atoms with E-state index in [4.69, 9.17) is 16.7 Å². The third-order valence-corrected chi connectivity index (χ3v) is 2.87. The Bertz CT molecular complexity index is 327. The number of hydrogen-bond donors (Lipinski definition) is 1. The van der Waals surface area contributed by atoms with E-state index < -0.39 is 11.9 Å². The van der Waals surface area contributed by atoms with Crippen molar-refractivity contribution in [3.8, 4) is 5.75 Å². The van der Waals surface area contributed by atoms with Gasteiger partial charge < -0.3 is 5.11 Å². The SMILES string of the molecule is Oc1ccc(SCC(F)(F)F)c(Cl)c1. The highest BCUT2D eigenvalue weighted by molar-refractivity contribution is 7.99. The summed E-state index contributed by atoms with van der Waals surface area (Å²) in [5.74, 6) is -1.05. The molecule has 0 aliphatic rings. The molecular formula is C8H6ClF3OS. The van der Waals surface area contributed by atoms with Gasteiger partial charge in [0, 0.05) is 4.90 Å². The van der Waals surface area contributed by atoms with Crippen LogP contribution in [0.4, 0.5) is 13.2 Å². The lowest BCUT2D eigenvalue weighted by Gasteiger charge is -2.07. The second-order valence-corrected chi connectivity index (χ2v) is 3.94. The molecule has 1 rings (SSSR count). The van der Waals surface area contributed by atoms with Crippen molar-refractivity contribution in [1.29, 1.82) is 0 Å². The molecule has 1 aromatic carbocycles.